The molecule has 0 unspecified atom stereocenters. The van der Waals surface area contributed by atoms with Crippen LogP contribution in [0.3, 0.4) is 0 Å². The average Bonchev–Trinajstić information content (AvgIpc) is 2.67. The number of hydrogen-bond acceptors (Lipinski definition) is 5. The maximum absolute atomic E-state index is 10.9. The zero-order valence-corrected chi connectivity index (χ0v) is 9.21. The first-order valence-electron chi connectivity index (χ1n) is 4.80. The van der Waals surface area contributed by atoms with Crippen LogP contribution in [0.25, 0.3) is 5.69 Å². The van der Waals surface area contributed by atoms with Crippen molar-refractivity contribution in [2.24, 2.45) is 0 Å². The summed E-state index contributed by atoms with van der Waals surface area (Å²) < 4.78 is 5.59. The molecule has 0 saturated heterocycles. The second-order valence-corrected chi connectivity index (χ2v) is 3.65. The molecule has 0 spiro atoms. The number of nitrogens with zero attached hydrogens (tertiary/aromatic N) is 3. The first-order valence-corrected chi connectivity index (χ1v) is 4.80. The summed E-state index contributed by atoms with van der Waals surface area (Å²) in [7, 11) is 0. The molecule has 0 radical (unpaired) electrons. The normalized spacial score (nSPS) is 10.5. The Balaban J connectivity index is 2.66. The highest BCUT2D eigenvalue weighted by atomic mass is 16.6. The first-order chi connectivity index (χ1) is 7.99. The molecule has 0 saturated carbocycles. The predicted octanol–water partition coefficient (Wildman–Crippen LogP) is 0.550. The van der Waals surface area contributed by atoms with Crippen LogP contribution in [0.15, 0.2) is 22.9 Å². The van der Waals surface area contributed by atoms with Gasteiger partial charge in [0.05, 0.1) is 10.2 Å². The average molecular weight is 235 g/mol. The highest BCUT2D eigenvalue weighted by Crippen LogP contribution is 2.23. The third kappa shape index (κ3) is 1.94. The summed E-state index contributed by atoms with van der Waals surface area (Å²) >= 11 is 0. The summed E-state index contributed by atoms with van der Waals surface area (Å²) in [5.74, 6) is -0.603. The van der Waals surface area contributed by atoms with Gasteiger partial charge in [0.1, 0.15) is 11.5 Å². The van der Waals surface area contributed by atoms with Crippen LogP contribution in [0, 0.1) is 24.0 Å². The van der Waals surface area contributed by atoms with Crippen molar-refractivity contribution in [1.82, 2.24) is 5.27 Å². The minimum absolute atomic E-state index is 0.0112. The number of aromatic nitrogens is 2. The van der Waals surface area contributed by atoms with E-state index in [-0.39, 0.29) is 5.69 Å². The molecular weight excluding hydrogens is 226 g/mol. The summed E-state index contributed by atoms with van der Waals surface area (Å²) in [4.78, 5) is 10.4. The molecule has 0 fully saturated rings. The predicted molar refractivity (Wildman–Crippen MR) is 53.6 cm³/mol. The highest BCUT2D eigenvalue weighted by molar-refractivity contribution is 5.51. The smallest absolute Gasteiger partial charge is 0.279 e. The molecule has 88 valence electrons. The number of nitro benzene ring substituents is 1. The van der Waals surface area contributed by atoms with E-state index in [1.54, 1.807) is 19.9 Å². The quantitative estimate of drug-likeness (QED) is 0.430. The lowest BCUT2D eigenvalue weighted by molar-refractivity contribution is -0.671. The molecule has 0 aliphatic heterocycles. The standard InChI is InChI=1S/C10H9N3O4/c1-6-3-8(12-5-10(14)17-11-12)7(2)9(4-6)13(15)16/h3-5H,1-2H3. The van der Waals surface area contributed by atoms with Gasteiger partial charge in [0.25, 0.3) is 5.69 Å². The van der Waals surface area contributed by atoms with Crippen LogP contribution in [0.2, 0.25) is 0 Å². The van der Waals surface area contributed by atoms with Gasteiger partial charge in [-0.05, 0) is 24.1 Å². The van der Waals surface area contributed by atoms with E-state index in [0.717, 1.165) is 6.20 Å². The van der Waals surface area contributed by atoms with Gasteiger partial charge in [-0.25, -0.2) is 0 Å². The summed E-state index contributed by atoms with van der Waals surface area (Å²) in [5, 5.41) is 25.2. The van der Waals surface area contributed by atoms with E-state index in [9.17, 15) is 15.2 Å². The van der Waals surface area contributed by atoms with Gasteiger partial charge in [0.2, 0.25) is 11.9 Å². The van der Waals surface area contributed by atoms with Crippen LogP contribution in [0.5, 0.6) is 5.95 Å². The van der Waals surface area contributed by atoms with E-state index in [1.807, 2.05) is 0 Å². The molecule has 1 heterocycles. The Kier molecular flexibility index (Phi) is 2.51. The van der Waals surface area contributed by atoms with Crippen LogP contribution in [-0.2, 0) is 0 Å². The van der Waals surface area contributed by atoms with Gasteiger partial charge in [-0.3, -0.25) is 10.1 Å². The molecule has 0 N–H and O–H groups in total. The minimum Gasteiger partial charge on any atom is -0.539 e. The molecule has 17 heavy (non-hydrogen) atoms. The lowest BCUT2D eigenvalue weighted by Gasteiger charge is -2.00. The Morgan fingerprint density at radius 1 is 1.41 bits per heavy atom. The Hall–Kier alpha value is -2.44. The molecule has 7 nitrogen and oxygen atoms in total. The SMILES string of the molecule is Cc1cc([N+](=O)[O-])c(C)c(-[n+]2cc([O-])on2)c1. The van der Waals surface area contributed by atoms with Crippen molar-refractivity contribution in [1.29, 1.82) is 0 Å². The van der Waals surface area contributed by atoms with Crippen LogP contribution in [-0.4, -0.2) is 10.2 Å². The molecule has 0 aliphatic carbocycles. The third-order valence-corrected chi connectivity index (χ3v) is 2.39. The molecule has 0 bridgehead atoms. The minimum atomic E-state index is -0.603. The molecule has 0 atom stereocenters. The lowest BCUT2D eigenvalue weighted by Crippen LogP contribution is -2.32. The van der Waals surface area contributed by atoms with Crippen molar-refractivity contribution in [2.75, 3.05) is 0 Å². The molecule has 1 aromatic carbocycles. The van der Waals surface area contributed by atoms with Crippen LogP contribution >= 0.6 is 0 Å². The van der Waals surface area contributed by atoms with E-state index >= 15 is 0 Å². The second kappa shape index (κ2) is 3.85. The van der Waals surface area contributed by atoms with Crippen molar-refractivity contribution >= 4 is 5.69 Å². The monoisotopic (exact) mass is 235 g/mol. The summed E-state index contributed by atoms with van der Waals surface area (Å²) in [5.41, 5.74) is 1.59. The van der Waals surface area contributed by atoms with Gasteiger partial charge in [-0.1, -0.05) is 0 Å². The fourth-order valence-electron chi connectivity index (χ4n) is 1.59. The van der Waals surface area contributed by atoms with Crippen LogP contribution < -0.4 is 9.79 Å². The summed E-state index contributed by atoms with van der Waals surface area (Å²) in [6.45, 7) is 3.33. The van der Waals surface area contributed by atoms with Crippen LogP contribution in [0.4, 0.5) is 5.69 Å². The number of hydrogen-bond donors (Lipinski definition) is 0. The van der Waals surface area contributed by atoms with E-state index in [0.29, 0.717) is 16.8 Å². The van der Waals surface area contributed by atoms with E-state index in [2.05, 4.69) is 9.79 Å². The zero-order valence-electron chi connectivity index (χ0n) is 9.21. The number of rotatable bonds is 2. The van der Waals surface area contributed by atoms with Crippen LogP contribution in [0.1, 0.15) is 11.1 Å². The fourth-order valence-corrected chi connectivity index (χ4v) is 1.59. The summed E-state index contributed by atoms with van der Waals surface area (Å²) in [6, 6.07) is 3.17. The molecule has 0 aliphatic rings. The van der Waals surface area contributed by atoms with Crippen molar-refractivity contribution in [2.45, 2.75) is 13.8 Å². The van der Waals surface area contributed by atoms with E-state index in [1.165, 1.54) is 10.7 Å². The number of nitro groups is 1. The van der Waals surface area contributed by atoms with Gasteiger partial charge < -0.3 is 9.63 Å². The largest absolute Gasteiger partial charge is 0.539 e. The fraction of sp³-hybridized carbons (Fsp3) is 0.200. The van der Waals surface area contributed by atoms with Gasteiger partial charge in [0.15, 0.2) is 0 Å². The van der Waals surface area contributed by atoms with E-state index < -0.39 is 10.9 Å². The van der Waals surface area contributed by atoms with Gasteiger partial charge in [0, 0.05) is 12.1 Å². The van der Waals surface area contributed by atoms with E-state index in [4.69, 9.17) is 0 Å². The van der Waals surface area contributed by atoms with Crippen molar-refractivity contribution < 1.29 is 19.2 Å². The van der Waals surface area contributed by atoms with Crippen molar-refractivity contribution in [3.8, 4) is 11.6 Å². The maximum Gasteiger partial charge on any atom is 0.279 e. The Labute approximate surface area is 96.0 Å². The second-order valence-electron chi connectivity index (χ2n) is 3.65. The number of aryl methyl sites for hydroxylation is 1. The summed E-state index contributed by atoms with van der Waals surface area (Å²) in [6.07, 6.45) is 1.13. The Morgan fingerprint density at radius 3 is 2.65 bits per heavy atom. The Morgan fingerprint density at radius 2 is 2.12 bits per heavy atom. The van der Waals surface area contributed by atoms with Gasteiger partial charge >= 0.3 is 0 Å². The maximum atomic E-state index is 10.9. The lowest BCUT2D eigenvalue weighted by atomic mass is 10.1. The molecule has 1 aromatic heterocycles. The molecule has 2 aromatic rings. The molecular formula is C10H9N3O4. The van der Waals surface area contributed by atoms with Crippen molar-refractivity contribution in [3.63, 3.8) is 0 Å². The Bertz CT molecular complexity index is 591. The topological polar surface area (TPSA) is 96.1 Å². The third-order valence-electron chi connectivity index (χ3n) is 2.39. The molecule has 0 amide bonds. The zero-order chi connectivity index (χ0) is 12.6. The first kappa shape index (κ1) is 11.1. The number of benzene rings is 1. The highest BCUT2D eigenvalue weighted by Gasteiger charge is 2.22. The molecule has 2 rings (SSSR count). The van der Waals surface area contributed by atoms with Gasteiger partial charge in [-0.2, -0.15) is 0 Å². The van der Waals surface area contributed by atoms with Crippen molar-refractivity contribution in [3.05, 3.63) is 39.6 Å². The molecule has 7 heteroatoms. The van der Waals surface area contributed by atoms with Gasteiger partial charge in [-0.15, -0.1) is 0 Å².